The average Bonchev–Trinajstić information content (AvgIpc) is 1.64. The Balaban J connectivity index is 0.000000170. The summed E-state index contributed by atoms with van der Waals surface area (Å²) in [5.41, 5.74) is 8.36. The van der Waals surface area contributed by atoms with Crippen LogP contribution >= 0.6 is 193 Å². The van der Waals surface area contributed by atoms with E-state index >= 15 is 0 Å². The first-order valence-electron chi connectivity index (χ1n) is 47.3. The van der Waals surface area contributed by atoms with Gasteiger partial charge in [-0.3, -0.25) is 0 Å². The number of thiophene rings is 17. The van der Waals surface area contributed by atoms with Gasteiger partial charge in [0, 0.05) is 103 Å². The highest BCUT2D eigenvalue weighted by Gasteiger charge is 2.12. The quantitative estimate of drug-likeness (QED) is 0.148. The molecule has 25 aromatic heterocycles. The molecule has 0 bridgehead atoms. The zero-order valence-corrected chi connectivity index (χ0v) is 97.4. The molecule has 0 N–H and O–H groups in total. The van der Waals surface area contributed by atoms with Crippen molar-refractivity contribution in [1.29, 1.82) is 0 Å². The normalized spacial score (nSPS) is 9.91. The van der Waals surface area contributed by atoms with Gasteiger partial charge in [-0.25, -0.2) is 0 Å². The Morgan fingerprint density at radius 3 is 0.972 bits per heavy atom. The van der Waals surface area contributed by atoms with Crippen molar-refractivity contribution >= 4 is 376 Å². The molecule has 0 radical (unpaired) electrons. The molecule has 0 unspecified atom stereocenters. The van der Waals surface area contributed by atoms with Crippen LogP contribution in [0.25, 0.3) is 183 Å². The molecule has 25 heterocycles. The minimum absolute atomic E-state index is 0.831. The second-order valence-electron chi connectivity index (χ2n) is 26.4. The number of aryl methyl sites for hydroxylation is 2. The summed E-state index contributed by atoms with van der Waals surface area (Å²) in [6.07, 6.45) is 13.5. The number of fused-ring (bicyclic) bond motifs is 24. The van der Waals surface area contributed by atoms with Gasteiger partial charge in [-0.1, -0.05) is 157 Å². The number of benzene rings is 5. The van der Waals surface area contributed by atoms with Gasteiger partial charge in [-0.15, -0.1) is 181 Å². The molecule has 30 rings (SSSR count). The summed E-state index contributed by atoms with van der Waals surface area (Å²) >= 11 is 31.2. The van der Waals surface area contributed by atoms with E-state index in [-0.39, 0.29) is 0 Å². The summed E-state index contributed by atoms with van der Waals surface area (Å²) < 4.78 is 62.3. The van der Waals surface area contributed by atoms with Crippen LogP contribution in [0.2, 0.25) is 0 Å². The Kier molecular flexibility index (Phi) is 51.3. The second-order valence-corrected chi connectivity index (χ2v) is 43.7. The van der Waals surface area contributed by atoms with Gasteiger partial charge < -0.3 is 35.3 Å². The maximum absolute atomic E-state index is 5.33. The van der Waals surface area contributed by atoms with E-state index in [0.717, 1.165) is 87.8 Å². The van der Waals surface area contributed by atoms with Gasteiger partial charge in [0.1, 0.15) is 33.5 Å². The fourth-order valence-electron chi connectivity index (χ4n) is 13.0. The highest BCUT2D eigenvalue weighted by molar-refractivity contribution is 7.48. The summed E-state index contributed by atoms with van der Waals surface area (Å²) in [6.45, 7) is 44.2. The standard InChI is InChI=1S/4C10H6O2.C10H6S2.3C8H4S3.2C6H4S2.2C5H6S.10C2H6/c1-3-11-9-6-10-8(2-4-12-10)5-7(1)9;1-2-10-8(4-6-12-10)7-3-5-11-9(1)7;1-2-9-8(4-6-11-9)10-7(1)3-5-12-10;1-2-8-4-6-12-10(8)9-7(1)3-5-11-9;1-3-11-9-6-8-2-4-12-10(8)5-7(1)9;1-3-9-7-5(1)11-6-2-4-10-8(6)7;1-3-10-8-5(1)7-6(11-8)2-4-9-7;1-3-9-7-5(1)6-2-4-10-8(6)11-7;1-3-7-6-2-4-8-5(1)6;1-3-7-6-5(1)2-4-8-6;1-5-2-3-6-4-5;1-5-3-2-4-6-5;10*1-2/h5*1-6H;3*1-4H;2*1-4H;2*2-4H,1H3;10*1-2H3. The fraction of sp³-hybridized carbons (Fsp3) is 0.190. The maximum Gasteiger partial charge on any atom is 0.176 e. The van der Waals surface area contributed by atoms with E-state index in [1.807, 2.05) is 377 Å². The highest BCUT2D eigenvalue weighted by atomic mass is 32.2. The van der Waals surface area contributed by atoms with Crippen molar-refractivity contribution in [3.8, 4) is 0 Å². The second kappa shape index (κ2) is 63.1. The van der Waals surface area contributed by atoms with Crippen molar-refractivity contribution < 1.29 is 35.3 Å². The lowest BCUT2D eigenvalue weighted by Crippen LogP contribution is -1.64. The van der Waals surface area contributed by atoms with Crippen molar-refractivity contribution in [1.82, 2.24) is 0 Å². The molecule has 0 aliphatic rings. The van der Waals surface area contributed by atoms with Crippen molar-refractivity contribution in [3.63, 3.8) is 0 Å². The molecule has 8 nitrogen and oxygen atoms in total. The Morgan fingerprint density at radius 1 is 0.184 bits per heavy atom. The molecule has 0 spiro atoms. The van der Waals surface area contributed by atoms with Crippen LogP contribution in [-0.2, 0) is 0 Å². The third-order valence-electron chi connectivity index (χ3n) is 18.8. The van der Waals surface area contributed by atoms with Crippen molar-refractivity contribution in [2.24, 2.45) is 0 Å². The predicted molar refractivity (Wildman–Crippen MR) is 657 cm³/mol. The average molecular weight is 2190 g/mol. The van der Waals surface area contributed by atoms with Crippen LogP contribution in [0.4, 0.5) is 0 Å². The first-order valence-corrected chi connectivity index (χ1v) is 62.1. The van der Waals surface area contributed by atoms with Crippen LogP contribution in [0.1, 0.15) is 149 Å². The smallest absolute Gasteiger partial charge is 0.176 e. The van der Waals surface area contributed by atoms with E-state index in [0.29, 0.717) is 0 Å². The van der Waals surface area contributed by atoms with Crippen LogP contribution < -0.4 is 0 Å². The first kappa shape index (κ1) is 115. The van der Waals surface area contributed by atoms with E-state index in [1.165, 1.54) is 106 Å². The highest BCUT2D eigenvalue weighted by Crippen LogP contribution is 2.44. The minimum Gasteiger partial charge on any atom is -0.464 e. The summed E-state index contributed by atoms with van der Waals surface area (Å²) in [5.74, 6) is 0. The Morgan fingerprint density at radius 2 is 0.532 bits per heavy atom. The van der Waals surface area contributed by atoms with Crippen molar-refractivity contribution in [2.45, 2.75) is 152 Å². The monoisotopic (exact) mass is 2190 g/mol. The van der Waals surface area contributed by atoms with E-state index in [1.54, 1.807) is 95.5 Å². The van der Waals surface area contributed by atoms with E-state index < -0.39 is 0 Å². The lowest BCUT2D eigenvalue weighted by molar-refractivity contribution is 0.583. The van der Waals surface area contributed by atoms with Crippen LogP contribution in [0.5, 0.6) is 0 Å². The molecule has 0 aliphatic carbocycles. The van der Waals surface area contributed by atoms with Gasteiger partial charge in [0.05, 0.1) is 85.6 Å². The molecule has 0 fully saturated rings. The molecule has 0 saturated heterocycles. The Labute approximate surface area is 895 Å². The van der Waals surface area contributed by atoms with Gasteiger partial charge in [-0.05, 0) is 287 Å². The summed E-state index contributed by atoms with van der Waals surface area (Å²) in [6, 6.07) is 68.3. The SMILES string of the molecule is CC.CC.CC.CC.CC.CC.CC.CC.CC.CC.Cc1cccs1.Cc1ccsc1.c1cc2c(ccc3ccoc32)o1.c1cc2c(ccc3occc32)o1.c1cc2c(s1)sc1ccsc12.c1cc2c(s1)sc1sccc12.c1cc2cc3ccoc3cc2o1.c1cc2cc3sccc3cc2s1.c1cc2ccc3ccoc3c2o1.c1cc2ccsc2s1.c1cc2sc3ccsc3c2s1.c1cc2sccc2s1. The van der Waals surface area contributed by atoms with Gasteiger partial charge in [0.15, 0.2) is 11.2 Å². The first-order chi connectivity index (χ1) is 69.8. The van der Waals surface area contributed by atoms with E-state index in [9.17, 15) is 0 Å². The summed E-state index contributed by atoms with van der Waals surface area (Å²) in [7, 11) is 0. The fourth-order valence-corrected chi connectivity index (χ4v) is 29.7. The Hall–Kier alpha value is -10.1. The summed E-state index contributed by atoms with van der Waals surface area (Å²) in [5, 5.41) is 49.3. The lowest BCUT2D eigenvalue weighted by atomic mass is 10.2. The molecular weight excluding hydrogens is 2070 g/mol. The third kappa shape index (κ3) is 30.8. The van der Waals surface area contributed by atoms with E-state index in [4.69, 9.17) is 35.3 Å². The molecule has 25 heteroatoms. The van der Waals surface area contributed by atoms with Crippen LogP contribution in [-0.4, -0.2) is 0 Å². The number of hydrogen-bond acceptors (Lipinski definition) is 25. The summed E-state index contributed by atoms with van der Waals surface area (Å²) in [4.78, 5) is 1.38. The molecular formula is C116H122O8S17. The van der Waals surface area contributed by atoms with Crippen LogP contribution in [0.15, 0.2) is 366 Å². The molecule has 0 aliphatic heterocycles. The number of rotatable bonds is 0. The third-order valence-corrected chi connectivity index (χ3v) is 36.1. The molecule has 0 saturated carbocycles. The van der Waals surface area contributed by atoms with Gasteiger partial charge >= 0.3 is 0 Å². The molecule has 0 atom stereocenters. The van der Waals surface area contributed by atoms with Crippen LogP contribution in [0.3, 0.4) is 0 Å². The number of furan rings is 8. The zero-order valence-electron chi connectivity index (χ0n) is 83.5. The van der Waals surface area contributed by atoms with Crippen molar-refractivity contribution in [3.05, 3.63) is 341 Å². The minimum atomic E-state index is 0.831. The van der Waals surface area contributed by atoms with Gasteiger partial charge in [0.2, 0.25) is 0 Å². The van der Waals surface area contributed by atoms with Crippen LogP contribution in [0, 0.1) is 13.8 Å². The topological polar surface area (TPSA) is 105 Å². The lowest BCUT2D eigenvalue weighted by Gasteiger charge is -1.89. The van der Waals surface area contributed by atoms with Crippen molar-refractivity contribution in [2.75, 3.05) is 0 Å². The molecule has 30 aromatic rings. The molecule has 141 heavy (non-hydrogen) atoms. The van der Waals surface area contributed by atoms with Gasteiger partial charge in [-0.2, -0.15) is 11.3 Å². The largest absolute Gasteiger partial charge is 0.464 e. The molecule has 5 aromatic carbocycles. The predicted octanol–water partition coefficient (Wildman–Crippen LogP) is 49.7. The number of hydrogen-bond donors (Lipinski definition) is 0. The molecule has 736 valence electrons. The zero-order chi connectivity index (χ0) is 101. The van der Waals surface area contributed by atoms with E-state index in [2.05, 4.69) is 204 Å². The maximum atomic E-state index is 5.33. The van der Waals surface area contributed by atoms with Gasteiger partial charge in [0.25, 0.3) is 0 Å². The molecule has 0 amide bonds. The Bertz CT molecular complexity index is 7120.